The van der Waals surface area contributed by atoms with Crippen molar-refractivity contribution in [2.45, 2.75) is 45.1 Å². The summed E-state index contributed by atoms with van der Waals surface area (Å²) in [6.45, 7) is 4.42. The molecule has 3 heteroatoms. The molecule has 2 nitrogen and oxygen atoms in total. The van der Waals surface area contributed by atoms with E-state index in [2.05, 4.69) is 30.7 Å². The number of fused-ring (bicyclic) bond motifs is 1. The Kier molecular flexibility index (Phi) is 2.50. The number of hydrogen-bond acceptors (Lipinski definition) is 1. The molecule has 0 amide bonds. The molecule has 1 saturated carbocycles. The van der Waals surface area contributed by atoms with Gasteiger partial charge in [0.15, 0.2) is 0 Å². The van der Waals surface area contributed by atoms with E-state index in [1.54, 1.807) is 0 Å². The van der Waals surface area contributed by atoms with E-state index in [1.165, 1.54) is 29.4 Å². The van der Waals surface area contributed by atoms with Gasteiger partial charge in [0.1, 0.15) is 7.85 Å². The van der Waals surface area contributed by atoms with E-state index < -0.39 is 0 Å². The van der Waals surface area contributed by atoms with Gasteiger partial charge in [-0.15, -0.1) is 0 Å². The molecule has 86 valence electrons. The Morgan fingerprint density at radius 1 is 1.47 bits per heavy atom. The fourth-order valence-electron chi connectivity index (χ4n) is 2.35. The molecule has 1 aliphatic rings. The molecule has 1 aromatic carbocycles. The molecule has 1 heterocycles. The van der Waals surface area contributed by atoms with Crippen molar-refractivity contribution in [1.82, 2.24) is 9.78 Å². The quantitative estimate of drug-likeness (QED) is 0.733. The largest absolute Gasteiger partial charge is 0.262 e. The second kappa shape index (κ2) is 3.90. The Balaban J connectivity index is 2.22. The summed E-state index contributed by atoms with van der Waals surface area (Å²) in [7, 11) is 5.89. The van der Waals surface area contributed by atoms with Crippen molar-refractivity contribution in [3.05, 3.63) is 23.9 Å². The molecule has 1 unspecified atom stereocenters. The molecular weight excluding hydrogens is 207 g/mol. The zero-order chi connectivity index (χ0) is 12.0. The van der Waals surface area contributed by atoms with Gasteiger partial charge in [-0.05, 0) is 32.3 Å². The Bertz CT molecular complexity index is 555. The van der Waals surface area contributed by atoms with Crippen molar-refractivity contribution in [2.75, 3.05) is 0 Å². The third kappa shape index (κ3) is 1.78. The van der Waals surface area contributed by atoms with Gasteiger partial charge in [0.2, 0.25) is 0 Å². The van der Waals surface area contributed by atoms with E-state index in [0.717, 1.165) is 11.9 Å². The molecule has 0 bridgehead atoms. The summed E-state index contributed by atoms with van der Waals surface area (Å²) < 4.78 is 2.17. The van der Waals surface area contributed by atoms with Crippen molar-refractivity contribution >= 4 is 24.2 Å². The fourth-order valence-corrected chi connectivity index (χ4v) is 2.35. The number of aromatic nitrogens is 2. The molecule has 0 spiro atoms. The number of benzene rings is 1. The predicted molar refractivity (Wildman–Crippen MR) is 72.1 cm³/mol. The Hall–Kier alpha value is -1.25. The average Bonchev–Trinajstić information content (AvgIpc) is 3.10. The Morgan fingerprint density at radius 2 is 2.24 bits per heavy atom. The van der Waals surface area contributed by atoms with Gasteiger partial charge >= 0.3 is 0 Å². The zero-order valence-corrected chi connectivity index (χ0v) is 10.5. The van der Waals surface area contributed by atoms with Crippen molar-refractivity contribution in [2.24, 2.45) is 0 Å². The maximum Gasteiger partial charge on any atom is 0.113 e. The van der Waals surface area contributed by atoms with Gasteiger partial charge in [-0.25, -0.2) is 0 Å². The lowest BCUT2D eigenvalue weighted by Crippen LogP contribution is -2.06. The third-order valence-corrected chi connectivity index (χ3v) is 3.73. The van der Waals surface area contributed by atoms with Gasteiger partial charge < -0.3 is 0 Å². The van der Waals surface area contributed by atoms with Crippen LogP contribution in [-0.2, 0) is 0 Å². The number of hydrogen-bond donors (Lipinski definition) is 0. The Labute approximate surface area is 103 Å². The second-order valence-corrected chi connectivity index (χ2v) is 5.14. The summed E-state index contributed by atoms with van der Waals surface area (Å²) >= 11 is 0. The molecule has 0 N–H and O–H groups in total. The summed E-state index contributed by atoms with van der Waals surface area (Å²) in [5, 5.41) is 6.08. The fraction of sp³-hybridized carbons (Fsp3) is 0.500. The minimum atomic E-state index is 0.452. The van der Waals surface area contributed by atoms with Gasteiger partial charge in [-0.3, -0.25) is 4.68 Å². The Morgan fingerprint density at radius 3 is 2.88 bits per heavy atom. The van der Waals surface area contributed by atoms with Gasteiger partial charge in [0, 0.05) is 17.3 Å². The molecule has 1 aliphatic carbocycles. The van der Waals surface area contributed by atoms with Gasteiger partial charge in [-0.2, -0.15) is 5.10 Å². The molecule has 1 fully saturated rings. The minimum Gasteiger partial charge on any atom is -0.262 e. The maximum absolute atomic E-state index is 5.89. The van der Waals surface area contributed by atoms with Crippen LogP contribution in [0.25, 0.3) is 10.9 Å². The first-order valence-corrected chi connectivity index (χ1v) is 6.48. The molecule has 1 aromatic heterocycles. The first kappa shape index (κ1) is 10.9. The SMILES string of the molecule is [B]c1ccc2c(c1)c(C1CC1)nn2C(C)CC. The van der Waals surface area contributed by atoms with E-state index in [9.17, 15) is 0 Å². The average molecular weight is 224 g/mol. The number of rotatable bonds is 3. The predicted octanol–water partition coefficient (Wildman–Crippen LogP) is 2.68. The van der Waals surface area contributed by atoms with Crippen LogP contribution >= 0.6 is 0 Å². The molecule has 1 atom stereocenters. The van der Waals surface area contributed by atoms with Crippen LogP contribution in [0.2, 0.25) is 0 Å². The molecule has 0 saturated heterocycles. The van der Waals surface area contributed by atoms with Crippen molar-refractivity contribution in [1.29, 1.82) is 0 Å². The molecular formula is C14H17BN2. The van der Waals surface area contributed by atoms with Crippen LogP contribution in [0, 0.1) is 0 Å². The van der Waals surface area contributed by atoms with Gasteiger partial charge in [-0.1, -0.05) is 24.5 Å². The highest BCUT2D eigenvalue weighted by atomic mass is 15.3. The highest BCUT2D eigenvalue weighted by molar-refractivity contribution is 6.33. The smallest absolute Gasteiger partial charge is 0.113 e. The van der Waals surface area contributed by atoms with Crippen LogP contribution in [0.3, 0.4) is 0 Å². The van der Waals surface area contributed by atoms with Crippen LogP contribution < -0.4 is 5.46 Å². The van der Waals surface area contributed by atoms with Gasteiger partial charge in [0.05, 0.1) is 11.2 Å². The summed E-state index contributed by atoms with van der Waals surface area (Å²) in [5.41, 5.74) is 3.33. The van der Waals surface area contributed by atoms with E-state index in [0.29, 0.717) is 12.0 Å². The normalized spacial score (nSPS) is 17.5. The van der Waals surface area contributed by atoms with Crippen LogP contribution in [-0.4, -0.2) is 17.6 Å². The topological polar surface area (TPSA) is 17.8 Å². The van der Waals surface area contributed by atoms with Crippen LogP contribution in [0.1, 0.15) is 50.8 Å². The van der Waals surface area contributed by atoms with Crippen LogP contribution in [0.4, 0.5) is 0 Å². The van der Waals surface area contributed by atoms with Gasteiger partial charge in [0.25, 0.3) is 0 Å². The monoisotopic (exact) mass is 224 g/mol. The molecule has 2 radical (unpaired) electrons. The number of nitrogens with zero attached hydrogens (tertiary/aromatic N) is 2. The molecule has 0 aliphatic heterocycles. The summed E-state index contributed by atoms with van der Waals surface area (Å²) in [5.74, 6) is 0.671. The highest BCUT2D eigenvalue weighted by Gasteiger charge is 2.29. The van der Waals surface area contributed by atoms with Crippen LogP contribution in [0.5, 0.6) is 0 Å². The maximum atomic E-state index is 5.89. The lowest BCUT2D eigenvalue weighted by molar-refractivity contribution is 0.488. The van der Waals surface area contributed by atoms with E-state index >= 15 is 0 Å². The standard InChI is InChI=1S/C14H17BN2/c1-3-9(2)17-13-7-6-11(15)8-12(13)14(16-17)10-4-5-10/h6-10H,3-5H2,1-2H3. The van der Waals surface area contributed by atoms with Crippen LogP contribution in [0.15, 0.2) is 18.2 Å². The summed E-state index contributed by atoms with van der Waals surface area (Å²) in [6.07, 6.45) is 3.66. The first-order chi connectivity index (χ1) is 8.20. The zero-order valence-electron chi connectivity index (χ0n) is 10.5. The molecule has 17 heavy (non-hydrogen) atoms. The van der Waals surface area contributed by atoms with E-state index in [4.69, 9.17) is 12.9 Å². The minimum absolute atomic E-state index is 0.452. The van der Waals surface area contributed by atoms with Crippen molar-refractivity contribution in [3.8, 4) is 0 Å². The summed E-state index contributed by atoms with van der Waals surface area (Å²) in [6, 6.07) is 6.61. The van der Waals surface area contributed by atoms with E-state index in [-0.39, 0.29) is 0 Å². The molecule has 3 rings (SSSR count). The van der Waals surface area contributed by atoms with E-state index in [1.807, 2.05) is 6.07 Å². The molecule has 2 aromatic rings. The lowest BCUT2D eigenvalue weighted by Gasteiger charge is -2.10. The summed E-state index contributed by atoms with van der Waals surface area (Å²) in [4.78, 5) is 0. The van der Waals surface area contributed by atoms with Crippen molar-refractivity contribution < 1.29 is 0 Å². The highest BCUT2D eigenvalue weighted by Crippen LogP contribution is 2.42. The second-order valence-electron chi connectivity index (χ2n) is 5.14. The lowest BCUT2D eigenvalue weighted by atomic mass is 9.94. The third-order valence-electron chi connectivity index (χ3n) is 3.73. The van der Waals surface area contributed by atoms with Crippen molar-refractivity contribution in [3.63, 3.8) is 0 Å². The first-order valence-electron chi connectivity index (χ1n) is 6.48.